The van der Waals surface area contributed by atoms with Crippen molar-refractivity contribution in [2.75, 3.05) is 5.32 Å². The highest BCUT2D eigenvalue weighted by Crippen LogP contribution is 2.22. The molecular formula is C19H19N3OS. The lowest BCUT2D eigenvalue weighted by atomic mass is 9.98. The first kappa shape index (κ1) is 16.3. The molecule has 1 N–H and O–H groups in total. The Morgan fingerprint density at radius 3 is 2.42 bits per heavy atom. The van der Waals surface area contributed by atoms with E-state index < -0.39 is 0 Å². The fourth-order valence-corrected chi connectivity index (χ4v) is 3.28. The van der Waals surface area contributed by atoms with Gasteiger partial charge in [-0.15, -0.1) is 10.2 Å². The largest absolute Gasteiger partial charge is 0.301 e. The van der Waals surface area contributed by atoms with E-state index in [0.717, 1.165) is 17.0 Å². The van der Waals surface area contributed by atoms with Gasteiger partial charge in [0.15, 0.2) is 0 Å². The molecule has 0 aliphatic carbocycles. The van der Waals surface area contributed by atoms with Crippen molar-refractivity contribution in [2.45, 2.75) is 25.7 Å². The van der Waals surface area contributed by atoms with Gasteiger partial charge in [-0.1, -0.05) is 78.9 Å². The van der Waals surface area contributed by atoms with Crippen molar-refractivity contribution in [1.82, 2.24) is 10.2 Å². The summed E-state index contributed by atoms with van der Waals surface area (Å²) in [4.78, 5) is 12.2. The van der Waals surface area contributed by atoms with E-state index in [-0.39, 0.29) is 11.8 Å². The van der Waals surface area contributed by atoms with E-state index in [2.05, 4.69) is 34.6 Å². The average Bonchev–Trinajstić information content (AvgIpc) is 3.03. The topological polar surface area (TPSA) is 54.9 Å². The van der Waals surface area contributed by atoms with Crippen LogP contribution in [0.4, 0.5) is 5.13 Å². The Kier molecular flexibility index (Phi) is 5.33. The molecule has 0 saturated carbocycles. The van der Waals surface area contributed by atoms with Crippen LogP contribution >= 0.6 is 11.3 Å². The number of nitrogens with one attached hydrogen (secondary N) is 1. The van der Waals surface area contributed by atoms with E-state index in [1.54, 1.807) is 0 Å². The molecule has 0 radical (unpaired) electrons. The fourth-order valence-electron chi connectivity index (χ4n) is 2.49. The molecule has 4 nitrogen and oxygen atoms in total. The first-order valence-electron chi connectivity index (χ1n) is 7.92. The zero-order valence-electron chi connectivity index (χ0n) is 13.5. The van der Waals surface area contributed by atoms with Crippen LogP contribution in [0.3, 0.4) is 0 Å². The average molecular weight is 337 g/mol. The van der Waals surface area contributed by atoms with Crippen molar-refractivity contribution in [3.63, 3.8) is 0 Å². The van der Waals surface area contributed by atoms with Gasteiger partial charge in [0.2, 0.25) is 11.0 Å². The summed E-state index contributed by atoms with van der Waals surface area (Å²) < 4.78 is 0. The Balaban J connectivity index is 1.55. The number of aromatic nitrogens is 2. The molecule has 0 saturated heterocycles. The number of carbonyl (C=O) groups is 1. The summed E-state index contributed by atoms with van der Waals surface area (Å²) in [6.45, 7) is 2.05. The van der Waals surface area contributed by atoms with Gasteiger partial charge in [0.05, 0.1) is 0 Å². The van der Waals surface area contributed by atoms with Crippen LogP contribution in [0.2, 0.25) is 0 Å². The Morgan fingerprint density at radius 1 is 1.04 bits per heavy atom. The molecule has 2 aromatic carbocycles. The second-order valence-corrected chi connectivity index (χ2v) is 6.79. The summed E-state index contributed by atoms with van der Waals surface area (Å²) in [7, 11) is 0. The predicted octanol–water partition coefficient (Wildman–Crippen LogP) is 4.26. The lowest BCUT2D eigenvalue weighted by Gasteiger charge is -2.10. The van der Waals surface area contributed by atoms with E-state index in [4.69, 9.17) is 0 Å². The third-order valence-electron chi connectivity index (χ3n) is 3.77. The van der Waals surface area contributed by atoms with Gasteiger partial charge in [0.25, 0.3) is 0 Å². The van der Waals surface area contributed by atoms with E-state index >= 15 is 0 Å². The van der Waals surface area contributed by atoms with Crippen molar-refractivity contribution in [2.24, 2.45) is 0 Å². The van der Waals surface area contributed by atoms with E-state index in [9.17, 15) is 4.79 Å². The molecule has 122 valence electrons. The van der Waals surface area contributed by atoms with Gasteiger partial charge in [-0.2, -0.15) is 0 Å². The Morgan fingerprint density at radius 2 is 1.71 bits per heavy atom. The van der Waals surface area contributed by atoms with E-state index in [0.29, 0.717) is 11.6 Å². The summed E-state index contributed by atoms with van der Waals surface area (Å²) in [5.41, 5.74) is 2.35. The monoisotopic (exact) mass is 337 g/mol. The third-order valence-corrected chi connectivity index (χ3v) is 4.61. The third kappa shape index (κ3) is 4.49. The van der Waals surface area contributed by atoms with Gasteiger partial charge < -0.3 is 5.32 Å². The van der Waals surface area contributed by atoms with Crippen LogP contribution in [0.5, 0.6) is 0 Å². The maximum absolute atomic E-state index is 12.2. The van der Waals surface area contributed by atoms with Crippen molar-refractivity contribution in [1.29, 1.82) is 0 Å². The quantitative estimate of drug-likeness (QED) is 0.731. The molecule has 5 heteroatoms. The van der Waals surface area contributed by atoms with Crippen LogP contribution in [0, 0.1) is 0 Å². The van der Waals surface area contributed by atoms with Crippen LogP contribution in [-0.2, 0) is 11.2 Å². The number of hydrogen-bond acceptors (Lipinski definition) is 4. The van der Waals surface area contributed by atoms with Gasteiger partial charge in [0, 0.05) is 12.8 Å². The Labute approximate surface area is 145 Å². The van der Waals surface area contributed by atoms with Crippen molar-refractivity contribution < 1.29 is 4.79 Å². The molecule has 3 rings (SSSR count). The molecule has 0 fully saturated rings. The number of benzene rings is 2. The van der Waals surface area contributed by atoms with Crippen LogP contribution in [0.15, 0.2) is 60.7 Å². The Hall–Kier alpha value is -2.53. The van der Waals surface area contributed by atoms with Crippen LogP contribution in [0.25, 0.3) is 0 Å². The summed E-state index contributed by atoms with van der Waals surface area (Å²) in [6, 6.07) is 20.2. The van der Waals surface area contributed by atoms with Crippen molar-refractivity contribution in [3.8, 4) is 0 Å². The lowest BCUT2D eigenvalue weighted by Crippen LogP contribution is -2.14. The highest BCUT2D eigenvalue weighted by molar-refractivity contribution is 7.15. The lowest BCUT2D eigenvalue weighted by molar-refractivity contribution is -0.116. The summed E-state index contributed by atoms with van der Waals surface area (Å²) in [6.07, 6.45) is 1.16. The normalized spacial score (nSPS) is 11.9. The number of nitrogens with zero attached hydrogens (tertiary/aromatic N) is 2. The standard InChI is InChI=1S/C19H19N3OS/c1-14(16-10-6-3-7-11-16)12-17(23)20-19-22-21-18(24-19)13-15-8-4-2-5-9-15/h2-11,14H,12-13H2,1H3,(H,20,22,23). The van der Waals surface area contributed by atoms with Gasteiger partial charge >= 0.3 is 0 Å². The second-order valence-electron chi connectivity index (χ2n) is 5.73. The number of amides is 1. The summed E-state index contributed by atoms with van der Waals surface area (Å²) in [5, 5.41) is 12.5. The van der Waals surface area contributed by atoms with Crippen molar-refractivity contribution in [3.05, 3.63) is 76.8 Å². The van der Waals surface area contributed by atoms with E-state index in [1.807, 2.05) is 48.5 Å². The predicted molar refractivity (Wildman–Crippen MR) is 97.3 cm³/mol. The van der Waals surface area contributed by atoms with Gasteiger partial charge in [-0.25, -0.2) is 0 Å². The molecule has 1 aromatic heterocycles. The van der Waals surface area contributed by atoms with Crippen LogP contribution in [0.1, 0.15) is 35.4 Å². The minimum atomic E-state index is -0.0336. The first-order chi connectivity index (χ1) is 11.7. The molecule has 1 amide bonds. The maximum atomic E-state index is 12.2. The molecule has 1 unspecified atom stereocenters. The summed E-state index contributed by atoms with van der Waals surface area (Å²) >= 11 is 1.42. The maximum Gasteiger partial charge on any atom is 0.226 e. The highest BCUT2D eigenvalue weighted by Gasteiger charge is 2.13. The minimum Gasteiger partial charge on any atom is -0.301 e. The first-order valence-corrected chi connectivity index (χ1v) is 8.73. The number of carbonyl (C=O) groups excluding carboxylic acids is 1. The fraction of sp³-hybridized carbons (Fsp3) is 0.211. The second kappa shape index (κ2) is 7.84. The van der Waals surface area contributed by atoms with E-state index in [1.165, 1.54) is 16.9 Å². The zero-order chi connectivity index (χ0) is 16.8. The molecule has 0 aliphatic rings. The molecule has 0 aliphatic heterocycles. The van der Waals surface area contributed by atoms with Crippen LogP contribution in [-0.4, -0.2) is 16.1 Å². The smallest absolute Gasteiger partial charge is 0.226 e. The molecule has 24 heavy (non-hydrogen) atoms. The SMILES string of the molecule is CC(CC(=O)Nc1nnc(Cc2ccccc2)s1)c1ccccc1. The molecule has 0 bridgehead atoms. The van der Waals surface area contributed by atoms with Crippen molar-refractivity contribution >= 4 is 22.4 Å². The van der Waals surface area contributed by atoms with Gasteiger partial charge in [-0.3, -0.25) is 4.79 Å². The number of hydrogen-bond donors (Lipinski definition) is 1. The summed E-state index contributed by atoms with van der Waals surface area (Å²) in [5.74, 6) is 0.136. The number of rotatable bonds is 6. The van der Waals surface area contributed by atoms with Gasteiger partial charge in [0.1, 0.15) is 5.01 Å². The molecule has 1 atom stereocenters. The van der Waals surface area contributed by atoms with Crippen LogP contribution < -0.4 is 5.32 Å². The molecular weight excluding hydrogens is 318 g/mol. The molecule has 0 spiro atoms. The highest BCUT2D eigenvalue weighted by atomic mass is 32.1. The zero-order valence-corrected chi connectivity index (χ0v) is 14.3. The Bertz CT molecular complexity index is 787. The molecule has 3 aromatic rings. The number of anilines is 1. The molecule has 1 heterocycles. The van der Waals surface area contributed by atoms with Gasteiger partial charge in [-0.05, 0) is 17.0 Å². The minimum absolute atomic E-state index is 0.0336.